The second-order valence-corrected chi connectivity index (χ2v) is 16.0. The molecule has 10 heteroatoms. The van der Waals surface area contributed by atoms with Gasteiger partial charge in [0.2, 0.25) is 11.8 Å². The summed E-state index contributed by atoms with van der Waals surface area (Å²) in [7, 11) is 5.49. The number of aromatic nitrogens is 2. The maximum absolute atomic E-state index is 13.2. The molecule has 0 aromatic carbocycles. The lowest BCUT2D eigenvalue weighted by molar-refractivity contribution is -0.125. The highest BCUT2D eigenvalue weighted by atomic mass is 16.2. The van der Waals surface area contributed by atoms with Crippen molar-refractivity contribution in [3.8, 4) is 0 Å². The first-order chi connectivity index (χ1) is 21.4. The van der Waals surface area contributed by atoms with Crippen LogP contribution in [0.1, 0.15) is 94.3 Å². The number of H-pyrrole nitrogens is 1. The highest BCUT2D eigenvalue weighted by molar-refractivity contribution is 6.10. The Hall–Kier alpha value is -1.91. The van der Waals surface area contributed by atoms with Gasteiger partial charge in [-0.1, -0.05) is 6.92 Å². The molecular weight excluding hydrogens is 549 g/mol. The predicted molar refractivity (Wildman–Crippen MR) is 170 cm³/mol. The zero-order valence-corrected chi connectivity index (χ0v) is 26.5. The molecule has 1 aromatic rings. The predicted octanol–water partition coefficient (Wildman–Crippen LogP) is 1.88. The second-order valence-electron chi connectivity index (χ2n) is 16.0. The lowest BCUT2D eigenvalue weighted by atomic mass is 9.91. The SMILES string of the molecule is [B]CNC(=O)[C@@H]1C[C@@H]2C[C@H](CC(C)CNC(=O)[C@H]3C[C@H]4C[C@@H]([C@H]5Cc6nc([C@H]7C[C@H]8CCN[C@H]8C7)[nH]c6C5)N[C@H]4C3)N[C@@H]2C1. The number of aromatic amines is 1. The summed E-state index contributed by atoms with van der Waals surface area (Å²) in [5, 5.41) is 17.6. The van der Waals surface area contributed by atoms with Gasteiger partial charge in [-0.2, -0.15) is 0 Å². The van der Waals surface area contributed by atoms with E-state index >= 15 is 0 Å². The quantitative estimate of drug-likeness (QED) is 0.241. The van der Waals surface area contributed by atoms with Crippen LogP contribution in [-0.2, 0) is 22.4 Å². The van der Waals surface area contributed by atoms with Gasteiger partial charge in [-0.15, -0.1) is 0 Å². The smallest absolute Gasteiger partial charge is 0.223 e. The molecule has 8 rings (SSSR count). The minimum absolute atomic E-state index is 0.100. The highest BCUT2D eigenvalue weighted by Crippen LogP contribution is 2.45. The van der Waals surface area contributed by atoms with Crippen molar-refractivity contribution in [1.29, 1.82) is 0 Å². The topological polar surface area (TPSA) is 123 Å². The molecule has 1 unspecified atom stereocenters. The van der Waals surface area contributed by atoms with Gasteiger partial charge < -0.3 is 31.6 Å². The van der Waals surface area contributed by atoms with Crippen LogP contribution in [-0.4, -0.2) is 79.4 Å². The number of fused-ring (bicyclic) bond motifs is 4. The lowest BCUT2D eigenvalue weighted by Crippen LogP contribution is -2.39. The van der Waals surface area contributed by atoms with Crippen molar-refractivity contribution in [3.05, 3.63) is 17.2 Å². The van der Waals surface area contributed by atoms with Crippen LogP contribution in [0.5, 0.6) is 0 Å². The first-order valence-corrected chi connectivity index (χ1v) is 18.0. The van der Waals surface area contributed by atoms with Crippen LogP contribution >= 0.6 is 0 Å². The summed E-state index contributed by atoms with van der Waals surface area (Å²) in [6.07, 6.45) is 13.6. The number of imidazole rings is 1. The van der Waals surface area contributed by atoms with E-state index in [2.05, 4.69) is 38.5 Å². The van der Waals surface area contributed by atoms with Crippen molar-refractivity contribution >= 4 is 19.7 Å². The minimum atomic E-state index is 0.100. The zero-order valence-electron chi connectivity index (χ0n) is 26.5. The third kappa shape index (κ3) is 5.66. The van der Waals surface area contributed by atoms with Gasteiger partial charge in [0.15, 0.2) is 0 Å². The Bertz CT molecular complexity index is 1180. The van der Waals surface area contributed by atoms with Gasteiger partial charge in [-0.3, -0.25) is 9.59 Å². The molecule has 3 aliphatic heterocycles. The maximum Gasteiger partial charge on any atom is 0.223 e. The van der Waals surface area contributed by atoms with E-state index in [0.29, 0.717) is 59.8 Å². The van der Waals surface area contributed by atoms with E-state index in [0.717, 1.165) is 63.8 Å². The average molecular weight is 602 g/mol. The molecule has 4 heterocycles. The summed E-state index contributed by atoms with van der Waals surface area (Å²) in [6.45, 7) is 4.21. The molecule has 6 N–H and O–H groups in total. The van der Waals surface area contributed by atoms with E-state index in [9.17, 15) is 9.59 Å². The van der Waals surface area contributed by atoms with Gasteiger partial charge in [0.1, 0.15) is 5.82 Å². The summed E-state index contributed by atoms with van der Waals surface area (Å²) in [4.78, 5) is 34.3. The molecule has 1 aromatic heterocycles. The highest BCUT2D eigenvalue weighted by Gasteiger charge is 2.48. The summed E-state index contributed by atoms with van der Waals surface area (Å²) in [5.74, 6) is 5.62. The number of hydrogen-bond donors (Lipinski definition) is 6. The van der Waals surface area contributed by atoms with Crippen LogP contribution in [0.25, 0.3) is 0 Å². The van der Waals surface area contributed by atoms with Crippen LogP contribution in [0.3, 0.4) is 0 Å². The summed E-state index contributed by atoms with van der Waals surface area (Å²) >= 11 is 0. The number of amides is 2. The zero-order chi connectivity index (χ0) is 29.9. The fourth-order valence-corrected chi connectivity index (χ4v) is 11.0. The number of nitrogens with zero attached hydrogens (tertiary/aromatic N) is 1. The van der Waals surface area contributed by atoms with Crippen molar-refractivity contribution < 1.29 is 9.59 Å². The fourth-order valence-electron chi connectivity index (χ4n) is 11.0. The van der Waals surface area contributed by atoms with E-state index in [1.54, 1.807) is 0 Å². The normalized spacial score (nSPS) is 41.4. The fraction of sp³-hybridized carbons (Fsp3) is 0.853. The largest absolute Gasteiger partial charge is 0.365 e. The van der Waals surface area contributed by atoms with Gasteiger partial charge in [0, 0.05) is 60.2 Å². The van der Waals surface area contributed by atoms with Crippen molar-refractivity contribution in [1.82, 2.24) is 36.6 Å². The molecule has 238 valence electrons. The molecule has 3 saturated carbocycles. The summed E-state index contributed by atoms with van der Waals surface area (Å²) in [6, 6.07) is 2.69. The Balaban J connectivity index is 0.742. The van der Waals surface area contributed by atoms with Crippen molar-refractivity contribution in [2.75, 3.05) is 19.5 Å². The minimum Gasteiger partial charge on any atom is -0.365 e. The number of carbonyl (C=O) groups is 2. The van der Waals surface area contributed by atoms with Gasteiger partial charge >= 0.3 is 0 Å². The molecule has 13 atom stereocenters. The molecule has 7 aliphatic rings. The molecule has 9 nitrogen and oxygen atoms in total. The van der Waals surface area contributed by atoms with E-state index in [4.69, 9.17) is 12.8 Å². The van der Waals surface area contributed by atoms with E-state index in [1.165, 1.54) is 49.4 Å². The third-order valence-electron chi connectivity index (χ3n) is 13.1. The molecule has 3 saturated heterocycles. The van der Waals surface area contributed by atoms with Crippen molar-refractivity contribution in [2.45, 2.75) is 120 Å². The molecule has 6 fully saturated rings. The van der Waals surface area contributed by atoms with Gasteiger partial charge in [-0.05, 0) is 120 Å². The third-order valence-corrected chi connectivity index (χ3v) is 13.1. The van der Waals surface area contributed by atoms with Crippen molar-refractivity contribution in [3.63, 3.8) is 0 Å². The van der Waals surface area contributed by atoms with Crippen molar-refractivity contribution in [2.24, 2.45) is 41.4 Å². The van der Waals surface area contributed by atoms with E-state index in [-0.39, 0.29) is 30.1 Å². The second kappa shape index (κ2) is 12.0. The maximum atomic E-state index is 13.2. The Morgan fingerprint density at radius 1 is 0.841 bits per heavy atom. The first kappa shape index (κ1) is 29.5. The average Bonchev–Trinajstić information content (AvgIpc) is 3.80. The lowest BCUT2D eigenvalue weighted by Gasteiger charge is -2.22. The Kier molecular flexibility index (Phi) is 8.07. The molecule has 2 radical (unpaired) electrons. The van der Waals surface area contributed by atoms with Gasteiger partial charge in [0.25, 0.3) is 0 Å². The molecular formula is C34H52BN7O2. The van der Waals surface area contributed by atoms with Crippen LogP contribution in [0.4, 0.5) is 0 Å². The standard InChI is InChI=1S/C34H52BN7O2/c1-17(4-25-8-19-6-24(13-27(19)39-25)34(44)38-16-35)15-37-33(43)23-7-20-9-28(40-29(20)14-23)21-10-30-31(11-21)42-32(41-30)22-5-18-2-3-36-26(18)12-22/h17-29,36,39-40H,2-16H2,1H3,(H,37,43)(H,38,44)(H,41,42)/t17?,18-,19-,20+,22+,23+,24-,25+,26+,27-,28+,29+/m1/s1. The van der Waals surface area contributed by atoms with Crippen LogP contribution in [0.15, 0.2) is 0 Å². The van der Waals surface area contributed by atoms with Crippen LogP contribution in [0, 0.1) is 41.4 Å². The molecule has 44 heavy (non-hydrogen) atoms. The van der Waals surface area contributed by atoms with Gasteiger partial charge in [-0.25, -0.2) is 4.98 Å². The Morgan fingerprint density at radius 3 is 2.32 bits per heavy atom. The number of rotatable bonds is 9. The molecule has 2 amide bonds. The summed E-state index contributed by atoms with van der Waals surface area (Å²) < 4.78 is 0. The van der Waals surface area contributed by atoms with Gasteiger partial charge in [0.05, 0.1) is 13.5 Å². The number of carbonyl (C=O) groups excluding carboxylic acids is 2. The molecule has 0 spiro atoms. The summed E-state index contributed by atoms with van der Waals surface area (Å²) in [5.41, 5.74) is 2.73. The number of hydrogen-bond acceptors (Lipinski definition) is 6. The van der Waals surface area contributed by atoms with Crippen LogP contribution < -0.4 is 26.6 Å². The Labute approximate surface area is 263 Å². The van der Waals surface area contributed by atoms with E-state index in [1.807, 2.05) is 0 Å². The monoisotopic (exact) mass is 601 g/mol. The van der Waals surface area contributed by atoms with E-state index < -0.39 is 0 Å². The van der Waals surface area contributed by atoms with Crippen LogP contribution in [0.2, 0.25) is 0 Å². The molecule has 4 aliphatic carbocycles. The Morgan fingerprint density at radius 2 is 1.59 bits per heavy atom. The first-order valence-electron chi connectivity index (χ1n) is 18.0. The number of nitrogens with one attached hydrogen (secondary N) is 6. The molecule has 0 bridgehead atoms.